The summed E-state index contributed by atoms with van der Waals surface area (Å²) in [5.74, 6) is 0. The van der Waals surface area contributed by atoms with Crippen molar-refractivity contribution in [2.24, 2.45) is 0 Å². The van der Waals surface area contributed by atoms with Crippen LogP contribution in [0.1, 0.15) is 22.9 Å². The van der Waals surface area contributed by atoms with E-state index < -0.39 is 0 Å². The topological polar surface area (TPSA) is 37.8 Å². The first kappa shape index (κ1) is 10.8. The molecule has 0 radical (unpaired) electrons. The highest BCUT2D eigenvalue weighted by molar-refractivity contribution is 5.30. The smallest absolute Gasteiger partial charge is 0.0801 e. The van der Waals surface area contributed by atoms with E-state index in [0.717, 1.165) is 5.69 Å². The average molecular weight is 213 g/mol. The van der Waals surface area contributed by atoms with Gasteiger partial charge < -0.3 is 5.32 Å². The van der Waals surface area contributed by atoms with Crippen LogP contribution in [-0.2, 0) is 0 Å². The molecule has 1 aromatic heterocycles. The molecule has 0 saturated heterocycles. The Morgan fingerprint density at radius 1 is 1.25 bits per heavy atom. The van der Waals surface area contributed by atoms with Crippen molar-refractivity contribution in [3.63, 3.8) is 0 Å². The summed E-state index contributed by atoms with van der Waals surface area (Å²) in [6.45, 7) is 2.09. The molecule has 2 aromatic rings. The molecule has 1 unspecified atom stereocenters. The van der Waals surface area contributed by atoms with Crippen molar-refractivity contribution in [3.8, 4) is 0 Å². The molecule has 1 atom stereocenters. The molecule has 3 heteroatoms. The zero-order valence-electron chi connectivity index (χ0n) is 9.51. The van der Waals surface area contributed by atoms with Crippen LogP contribution in [0.5, 0.6) is 0 Å². The molecule has 1 heterocycles. The quantitative estimate of drug-likeness (QED) is 0.848. The predicted molar refractivity (Wildman–Crippen MR) is 64.1 cm³/mol. The first-order valence-electron chi connectivity index (χ1n) is 5.31. The number of hydrogen-bond donors (Lipinski definition) is 1. The van der Waals surface area contributed by atoms with Gasteiger partial charge in [0.15, 0.2) is 0 Å². The Morgan fingerprint density at radius 3 is 2.75 bits per heavy atom. The Balaban J connectivity index is 2.37. The van der Waals surface area contributed by atoms with Crippen LogP contribution < -0.4 is 5.32 Å². The van der Waals surface area contributed by atoms with Gasteiger partial charge in [0.25, 0.3) is 0 Å². The van der Waals surface area contributed by atoms with Gasteiger partial charge >= 0.3 is 0 Å². The lowest BCUT2D eigenvalue weighted by atomic mass is 10.0. The van der Waals surface area contributed by atoms with E-state index in [-0.39, 0.29) is 6.04 Å². The Bertz CT molecular complexity index is 454. The van der Waals surface area contributed by atoms with Crippen LogP contribution in [0.15, 0.2) is 42.9 Å². The molecular formula is C13H15N3. The summed E-state index contributed by atoms with van der Waals surface area (Å²) in [4.78, 5) is 8.43. The summed E-state index contributed by atoms with van der Waals surface area (Å²) >= 11 is 0. The second-order valence-corrected chi connectivity index (χ2v) is 3.77. The van der Waals surface area contributed by atoms with Gasteiger partial charge in [0, 0.05) is 12.4 Å². The molecule has 0 aliphatic rings. The summed E-state index contributed by atoms with van der Waals surface area (Å²) in [6.07, 6.45) is 5.20. The van der Waals surface area contributed by atoms with Gasteiger partial charge in [-0.3, -0.25) is 9.97 Å². The summed E-state index contributed by atoms with van der Waals surface area (Å²) in [6, 6.07) is 8.52. The zero-order valence-corrected chi connectivity index (χ0v) is 9.51. The standard InChI is InChI=1S/C13H15N3/c1-10-4-3-5-11(8-10)13(14-2)12-9-15-6-7-16-12/h3-9,13-14H,1-2H3. The molecule has 16 heavy (non-hydrogen) atoms. The lowest BCUT2D eigenvalue weighted by Gasteiger charge is -2.15. The minimum absolute atomic E-state index is 0.105. The highest BCUT2D eigenvalue weighted by Gasteiger charge is 2.12. The molecular weight excluding hydrogens is 198 g/mol. The van der Waals surface area contributed by atoms with Crippen LogP contribution in [0.3, 0.4) is 0 Å². The van der Waals surface area contributed by atoms with Gasteiger partial charge in [-0.2, -0.15) is 0 Å². The van der Waals surface area contributed by atoms with Gasteiger partial charge in [-0.25, -0.2) is 0 Å². The average Bonchev–Trinajstić information content (AvgIpc) is 2.31. The fraction of sp³-hybridized carbons (Fsp3) is 0.231. The molecule has 1 N–H and O–H groups in total. The third-order valence-corrected chi connectivity index (χ3v) is 2.54. The molecule has 0 saturated carbocycles. The van der Waals surface area contributed by atoms with Crippen LogP contribution in [0.2, 0.25) is 0 Å². The largest absolute Gasteiger partial charge is 0.308 e. The zero-order chi connectivity index (χ0) is 11.4. The van der Waals surface area contributed by atoms with Gasteiger partial charge in [-0.1, -0.05) is 29.8 Å². The van der Waals surface area contributed by atoms with Crippen molar-refractivity contribution in [2.75, 3.05) is 7.05 Å². The second-order valence-electron chi connectivity index (χ2n) is 3.77. The molecule has 1 aromatic carbocycles. The molecule has 0 aliphatic carbocycles. The number of aryl methyl sites for hydroxylation is 1. The van der Waals surface area contributed by atoms with E-state index in [9.17, 15) is 0 Å². The Morgan fingerprint density at radius 2 is 2.12 bits per heavy atom. The van der Waals surface area contributed by atoms with Gasteiger partial charge in [0.1, 0.15) is 0 Å². The molecule has 3 nitrogen and oxygen atoms in total. The molecule has 0 amide bonds. The van der Waals surface area contributed by atoms with Crippen LogP contribution >= 0.6 is 0 Å². The van der Waals surface area contributed by atoms with E-state index in [4.69, 9.17) is 0 Å². The van der Waals surface area contributed by atoms with E-state index in [1.165, 1.54) is 11.1 Å². The highest BCUT2D eigenvalue weighted by atomic mass is 14.9. The third-order valence-electron chi connectivity index (χ3n) is 2.54. The fourth-order valence-electron chi connectivity index (χ4n) is 1.79. The first-order chi connectivity index (χ1) is 7.81. The van der Waals surface area contributed by atoms with E-state index in [1.807, 2.05) is 7.05 Å². The normalized spacial score (nSPS) is 12.4. The van der Waals surface area contributed by atoms with Crippen LogP contribution in [0.25, 0.3) is 0 Å². The molecule has 2 rings (SSSR count). The molecule has 0 fully saturated rings. The van der Waals surface area contributed by atoms with Crippen molar-refractivity contribution in [3.05, 3.63) is 59.7 Å². The van der Waals surface area contributed by atoms with Crippen molar-refractivity contribution in [2.45, 2.75) is 13.0 Å². The van der Waals surface area contributed by atoms with Crippen molar-refractivity contribution < 1.29 is 0 Å². The summed E-state index contributed by atoms with van der Waals surface area (Å²) in [7, 11) is 1.93. The number of nitrogens with one attached hydrogen (secondary N) is 1. The number of nitrogens with zero attached hydrogens (tertiary/aromatic N) is 2. The maximum Gasteiger partial charge on any atom is 0.0801 e. The number of aromatic nitrogens is 2. The van der Waals surface area contributed by atoms with Crippen molar-refractivity contribution in [1.29, 1.82) is 0 Å². The highest BCUT2D eigenvalue weighted by Crippen LogP contribution is 2.19. The van der Waals surface area contributed by atoms with E-state index >= 15 is 0 Å². The lowest BCUT2D eigenvalue weighted by Crippen LogP contribution is -2.19. The number of benzene rings is 1. The van der Waals surface area contributed by atoms with Crippen LogP contribution in [0.4, 0.5) is 0 Å². The summed E-state index contributed by atoms with van der Waals surface area (Å²) < 4.78 is 0. The van der Waals surface area contributed by atoms with Crippen molar-refractivity contribution >= 4 is 0 Å². The lowest BCUT2D eigenvalue weighted by molar-refractivity contribution is 0.666. The SMILES string of the molecule is CNC(c1cccc(C)c1)c1cnccn1. The van der Waals surface area contributed by atoms with E-state index in [2.05, 4.69) is 46.5 Å². The fourth-order valence-corrected chi connectivity index (χ4v) is 1.79. The second kappa shape index (κ2) is 4.86. The van der Waals surface area contributed by atoms with Gasteiger partial charge in [0.05, 0.1) is 17.9 Å². The monoisotopic (exact) mass is 213 g/mol. The van der Waals surface area contributed by atoms with Crippen LogP contribution in [-0.4, -0.2) is 17.0 Å². The Kier molecular flexibility index (Phi) is 3.27. The third kappa shape index (κ3) is 2.25. The van der Waals surface area contributed by atoms with Gasteiger partial charge in [0.2, 0.25) is 0 Å². The summed E-state index contributed by atoms with van der Waals surface area (Å²) in [5.41, 5.74) is 3.40. The minimum Gasteiger partial charge on any atom is -0.308 e. The molecule has 82 valence electrons. The maximum absolute atomic E-state index is 4.33. The molecule has 0 bridgehead atoms. The first-order valence-corrected chi connectivity index (χ1v) is 5.31. The van der Waals surface area contributed by atoms with Gasteiger partial charge in [-0.05, 0) is 19.5 Å². The van der Waals surface area contributed by atoms with E-state index in [1.54, 1.807) is 18.6 Å². The number of hydrogen-bond acceptors (Lipinski definition) is 3. The van der Waals surface area contributed by atoms with Crippen molar-refractivity contribution in [1.82, 2.24) is 15.3 Å². The number of rotatable bonds is 3. The van der Waals surface area contributed by atoms with Crippen LogP contribution in [0, 0.1) is 6.92 Å². The maximum atomic E-state index is 4.33. The minimum atomic E-state index is 0.105. The Labute approximate surface area is 95.6 Å². The van der Waals surface area contributed by atoms with E-state index in [0.29, 0.717) is 0 Å². The molecule has 0 aliphatic heterocycles. The van der Waals surface area contributed by atoms with Gasteiger partial charge in [-0.15, -0.1) is 0 Å². The Hall–Kier alpha value is -1.74. The summed E-state index contributed by atoms with van der Waals surface area (Å²) in [5, 5.41) is 3.26. The molecule has 0 spiro atoms. The predicted octanol–water partition coefficient (Wildman–Crippen LogP) is 2.09.